The molecule has 0 spiro atoms. The number of hydrogen-bond acceptors (Lipinski definition) is 1. The van der Waals surface area contributed by atoms with Crippen molar-refractivity contribution in [2.45, 2.75) is 77.0 Å². The van der Waals surface area contributed by atoms with Crippen molar-refractivity contribution in [1.82, 2.24) is 0 Å². The third kappa shape index (κ3) is 5.17. The summed E-state index contributed by atoms with van der Waals surface area (Å²) >= 11 is 7.35. The number of halogens is 1. The SMILES string of the molecule is C[C](C)(C)[Pd][c]1c(-c2ccccc2N)cc(Cl)c(C(C)(C)C)c1C(C)(C)C. The maximum atomic E-state index is 6.94. The zero-order chi connectivity index (χ0) is 20.8. The van der Waals surface area contributed by atoms with Gasteiger partial charge in [-0.15, -0.1) is 0 Å². The Labute approximate surface area is 179 Å². The number of rotatable bonds is 2. The van der Waals surface area contributed by atoms with Crippen LogP contribution in [0.5, 0.6) is 0 Å². The van der Waals surface area contributed by atoms with E-state index in [0.717, 1.165) is 16.3 Å². The van der Waals surface area contributed by atoms with Gasteiger partial charge in [0.25, 0.3) is 0 Å². The predicted octanol–water partition coefficient (Wildman–Crippen LogP) is 7.11. The molecule has 0 unspecified atom stereocenters. The minimum atomic E-state index is -0.0266. The van der Waals surface area contributed by atoms with Gasteiger partial charge in [-0.25, -0.2) is 0 Å². The van der Waals surface area contributed by atoms with E-state index in [-0.39, 0.29) is 14.7 Å². The monoisotopic (exact) mass is 477 g/mol. The van der Waals surface area contributed by atoms with Gasteiger partial charge in [0.15, 0.2) is 0 Å². The van der Waals surface area contributed by atoms with Crippen molar-refractivity contribution in [2.75, 3.05) is 5.73 Å². The second-order valence-electron chi connectivity index (χ2n) is 10.1. The Morgan fingerprint density at radius 1 is 0.778 bits per heavy atom. The Morgan fingerprint density at radius 3 is 1.74 bits per heavy atom. The zero-order valence-electron chi connectivity index (χ0n) is 18.2. The van der Waals surface area contributed by atoms with Crippen LogP contribution in [0.1, 0.15) is 73.4 Å². The van der Waals surface area contributed by atoms with E-state index in [2.05, 4.69) is 80.5 Å². The molecule has 0 radical (unpaired) electrons. The molecule has 2 aromatic rings. The van der Waals surface area contributed by atoms with Crippen LogP contribution in [0.15, 0.2) is 30.3 Å². The first-order valence-electron chi connectivity index (χ1n) is 9.45. The summed E-state index contributed by atoms with van der Waals surface area (Å²) in [7, 11) is 0. The molecule has 0 bridgehead atoms. The van der Waals surface area contributed by atoms with Crippen LogP contribution in [0.2, 0.25) is 8.91 Å². The molecule has 2 rings (SSSR count). The second kappa shape index (κ2) is 7.55. The Bertz CT molecular complexity index is 833. The Balaban J connectivity index is 3.03. The molecule has 0 saturated heterocycles. The molecule has 0 aliphatic carbocycles. The molecular weight excluding hydrogens is 444 g/mol. The Hall–Kier alpha value is -0.808. The van der Waals surface area contributed by atoms with Gasteiger partial charge in [-0.1, -0.05) is 0 Å². The van der Waals surface area contributed by atoms with Gasteiger partial charge >= 0.3 is 180 Å². The van der Waals surface area contributed by atoms with Crippen molar-refractivity contribution < 1.29 is 18.0 Å². The predicted molar refractivity (Wildman–Crippen MR) is 118 cm³/mol. The van der Waals surface area contributed by atoms with Crippen molar-refractivity contribution in [3.63, 3.8) is 0 Å². The molecule has 1 nitrogen and oxygen atoms in total. The van der Waals surface area contributed by atoms with Gasteiger partial charge in [-0.3, -0.25) is 0 Å². The molecule has 0 fully saturated rings. The summed E-state index contributed by atoms with van der Waals surface area (Å²) in [5, 5.41) is 0.844. The molecule has 0 atom stereocenters. The summed E-state index contributed by atoms with van der Waals surface area (Å²) in [6.45, 7) is 20.6. The molecule has 0 aliphatic heterocycles. The molecule has 0 aromatic heterocycles. The standard InChI is InChI=1S/C20H25ClN.C4H9.Pd/c1-19(2,3)15-11-13(14-9-7-8-10-17(14)22)12-16(21)18(15)20(4,5)6;1-4(2)3;/h7-10,12H,22H2,1-6H3;1-3H3;. The first-order valence-corrected chi connectivity index (χ1v) is 11.4. The molecule has 152 valence electrons. The van der Waals surface area contributed by atoms with Crippen molar-refractivity contribution in [2.24, 2.45) is 0 Å². The van der Waals surface area contributed by atoms with Crippen LogP contribution in [-0.2, 0) is 28.8 Å². The van der Waals surface area contributed by atoms with Crippen molar-refractivity contribution in [3.8, 4) is 11.1 Å². The van der Waals surface area contributed by atoms with Crippen molar-refractivity contribution in [3.05, 3.63) is 46.5 Å². The third-order valence-electron chi connectivity index (χ3n) is 4.25. The van der Waals surface area contributed by atoms with Gasteiger partial charge in [-0.05, 0) is 0 Å². The minimum absolute atomic E-state index is 0.00894. The van der Waals surface area contributed by atoms with Crippen LogP contribution in [0, 0.1) is 0 Å². The fraction of sp³-hybridized carbons (Fsp3) is 0.500. The molecule has 3 heteroatoms. The van der Waals surface area contributed by atoms with Gasteiger partial charge < -0.3 is 0 Å². The van der Waals surface area contributed by atoms with E-state index >= 15 is 0 Å². The van der Waals surface area contributed by atoms with Gasteiger partial charge in [-0.2, -0.15) is 0 Å². The number of anilines is 1. The van der Waals surface area contributed by atoms with Gasteiger partial charge in [0.2, 0.25) is 0 Å². The summed E-state index contributed by atoms with van der Waals surface area (Å²) in [6, 6.07) is 10.3. The third-order valence-corrected chi connectivity index (χ3v) is 6.91. The molecule has 0 amide bonds. The van der Waals surface area contributed by atoms with E-state index in [0.29, 0.717) is 18.0 Å². The summed E-state index contributed by atoms with van der Waals surface area (Å²) in [4.78, 5) is 0. The zero-order valence-corrected chi connectivity index (χ0v) is 20.5. The Morgan fingerprint density at radius 2 is 1.30 bits per heavy atom. The fourth-order valence-electron chi connectivity index (χ4n) is 3.28. The summed E-state index contributed by atoms with van der Waals surface area (Å²) in [5.41, 5.74) is 12.1. The molecule has 0 saturated carbocycles. The van der Waals surface area contributed by atoms with E-state index in [1.807, 2.05) is 12.1 Å². The van der Waals surface area contributed by atoms with E-state index in [9.17, 15) is 0 Å². The quantitative estimate of drug-likeness (QED) is 0.361. The topological polar surface area (TPSA) is 26.0 Å². The van der Waals surface area contributed by atoms with E-state index in [1.54, 1.807) is 0 Å². The van der Waals surface area contributed by atoms with Crippen LogP contribution >= 0.6 is 11.6 Å². The number of benzene rings is 2. The Kier molecular flexibility index (Phi) is 6.29. The molecule has 2 N–H and O–H groups in total. The average Bonchev–Trinajstić information content (AvgIpc) is 2.45. The van der Waals surface area contributed by atoms with Crippen LogP contribution < -0.4 is 9.77 Å². The molecule has 0 heterocycles. The number of hydrogen-bond donors (Lipinski definition) is 1. The van der Waals surface area contributed by atoms with Gasteiger partial charge in [0.05, 0.1) is 0 Å². The van der Waals surface area contributed by atoms with Crippen LogP contribution in [-0.4, -0.2) is 0 Å². The number of para-hydroxylation sites is 1. The van der Waals surface area contributed by atoms with E-state index in [1.165, 1.54) is 20.7 Å². The normalized spacial score (nSPS) is 13.3. The second-order valence-corrected chi connectivity index (χ2v) is 14.0. The van der Waals surface area contributed by atoms with Crippen LogP contribution in [0.3, 0.4) is 0 Å². The molecule has 27 heavy (non-hydrogen) atoms. The van der Waals surface area contributed by atoms with Crippen molar-refractivity contribution in [1.29, 1.82) is 0 Å². The maximum absolute atomic E-state index is 6.94. The molecular formula is C24H34ClNPd. The summed E-state index contributed by atoms with van der Waals surface area (Å²) < 4.78 is 1.63. The van der Waals surface area contributed by atoms with E-state index < -0.39 is 0 Å². The van der Waals surface area contributed by atoms with Crippen molar-refractivity contribution >= 4 is 21.3 Å². The number of nitrogen functional groups attached to an aromatic ring is 1. The first-order chi connectivity index (χ1) is 12.1. The van der Waals surface area contributed by atoms with E-state index in [4.69, 9.17) is 17.3 Å². The van der Waals surface area contributed by atoms with Gasteiger partial charge in [0, 0.05) is 0 Å². The van der Waals surface area contributed by atoms with Gasteiger partial charge in [0.1, 0.15) is 0 Å². The summed E-state index contributed by atoms with van der Waals surface area (Å²) in [6.07, 6.45) is 0. The summed E-state index contributed by atoms with van der Waals surface area (Å²) in [5.74, 6) is 0. The fourth-order valence-corrected chi connectivity index (χ4v) is 6.43. The molecule has 0 aliphatic rings. The van der Waals surface area contributed by atoms with Crippen LogP contribution in [0.4, 0.5) is 5.69 Å². The van der Waals surface area contributed by atoms with Crippen LogP contribution in [0.25, 0.3) is 11.1 Å². The first kappa shape index (κ1) is 22.5. The number of nitrogens with two attached hydrogens (primary N) is 1. The molecule has 2 aromatic carbocycles. The average molecular weight is 478 g/mol.